The molecule has 1 saturated heterocycles. The van der Waals surface area contributed by atoms with Crippen LogP contribution < -0.4 is 4.72 Å². The molecule has 39 heavy (non-hydrogen) atoms. The summed E-state index contributed by atoms with van der Waals surface area (Å²) in [7, 11) is -3.93. The monoisotopic (exact) mass is 554 g/mol. The smallest absolute Gasteiger partial charge is 0.264 e. The summed E-state index contributed by atoms with van der Waals surface area (Å²) < 4.78 is 69.5. The van der Waals surface area contributed by atoms with Gasteiger partial charge in [-0.2, -0.15) is 0 Å². The molecule has 1 aliphatic rings. The number of carbonyl (C=O) groups is 1. The van der Waals surface area contributed by atoms with Gasteiger partial charge in [0.25, 0.3) is 15.9 Å². The summed E-state index contributed by atoms with van der Waals surface area (Å²) in [6.45, 7) is 3.14. The third-order valence-corrected chi connectivity index (χ3v) is 8.16. The lowest BCUT2D eigenvalue weighted by Crippen LogP contribution is -2.53. The predicted molar refractivity (Wildman–Crippen MR) is 141 cm³/mol. The Kier molecular flexibility index (Phi) is 7.28. The number of nitrogens with one attached hydrogen (secondary N) is 1. The van der Waals surface area contributed by atoms with Crippen molar-refractivity contribution >= 4 is 32.5 Å². The Morgan fingerprint density at radius 2 is 1.72 bits per heavy atom. The van der Waals surface area contributed by atoms with Gasteiger partial charge in [-0.25, -0.2) is 21.6 Å². The Morgan fingerprint density at radius 3 is 2.46 bits per heavy atom. The van der Waals surface area contributed by atoms with Crippen LogP contribution >= 0.6 is 0 Å². The molecule has 3 aromatic carbocycles. The second-order valence-corrected chi connectivity index (χ2v) is 11.1. The van der Waals surface area contributed by atoms with Gasteiger partial charge in [-0.1, -0.05) is 24.3 Å². The minimum atomic E-state index is -3.93. The molecule has 0 spiro atoms. The molecule has 1 atom stereocenters. The Balaban J connectivity index is 1.24. The molecule has 5 rings (SSSR count). The molecule has 0 radical (unpaired) electrons. The molecule has 0 bridgehead atoms. The average Bonchev–Trinajstić information content (AvgIpc) is 2.93. The molecule has 2 heterocycles. The first-order valence-corrected chi connectivity index (χ1v) is 13.7. The normalized spacial score (nSPS) is 16.4. The first-order chi connectivity index (χ1) is 18.6. The third kappa shape index (κ3) is 5.45. The number of sulfonamides is 1. The number of carbonyl (C=O) groups excluding carboxylic acids is 1. The first-order valence-electron chi connectivity index (χ1n) is 12.3. The van der Waals surface area contributed by atoms with E-state index in [2.05, 4.69) is 9.71 Å². The number of amides is 1. The van der Waals surface area contributed by atoms with Crippen molar-refractivity contribution in [1.29, 1.82) is 0 Å². The molecular weight excluding hydrogens is 529 g/mol. The van der Waals surface area contributed by atoms with E-state index in [9.17, 15) is 26.4 Å². The molecular formula is C28H25F3N4O3S. The number of aromatic nitrogens is 1. The van der Waals surface area contributed by atoms with Gasteiger partial charge >= 0.3 is 0 Å². The van der Waals surface area contributed by atoms with Crippen molar-refractivity contribution in [2.45, 2.75) is 24.4 Å². The fourth-order valence-electron chi connectivity index (χ4n) is 4.76. The number of anilines is 1. The van der Waals surface area contributed by atoms with E-state index < -0.39 is 27.5 Å². The van der Waals surface area contributed by atoms with E-state index in [0.29, 0.717) is 41.8 Å². The summed E-state index contributed by atoms with van der Waals surface area (Å²) in [5.74, 6) is -4.15. The van der Waals surface area contributed by atoms with Crippen LogP contribution in [0.3, 0.4) is 0 Å². The number of pyridine rings is 1. The van der Waals surface area contributed by atoms with Crippen molar-refractivity contribution in [1.82, 2.24) is 14.8 Å². The summed E-state index contributed by atoms with van der Waals surface area (Å²) in [6.07, 6.45) is 1.53. The van der Waals surface area contributed by atoms with Crippen LogP contribution in [0.4, 0.5) is 18.9 Å². The lowest BCUT2D eigenvalue weighted by atomic mass is 10.1. The van der Waals surface area contributed by atoms with Crippen molar-refractivity contribution in [3.63, 3.8) is 0 Å². The number of fused-ring (bicyclic) bond motifs is 1. The van der Waals surface area contributed by atoms with E-state index in [0.717, 1.165) is 6.07 Å². The van der Waals surface area contributed by atoms with Gasteiger partial charge in [-0.05, 0) is 49.4 Å². The Labute approximate surface area is 223 Å². The van der Waals surface area contributed by atoms with Gasteiger partial charge in [0.1, 0.15) is 4.90 Å². The lowest BCUT2D eigenvalue weighted by molar-refractivity contribution is 0.0473. The first kappa shape index (κ1) is 26.6. The maximum absolute atomic E-state index is 14.1. The van der Waals surface area contributed by atoms with Gasteiger partial charge in [-0.15, -0.1) is 0 Å². The second kappa shape index (κ2) is 10.7. The molecule has 0 aliphatic carbocycles. The van der Waals surface area contributed by atoms with Crippen LogP contribution in [0.25, 0.3) is 10.9 Å². The van der Waals surface area contributed by atoms with Crippen LogP contribution in [0.15, 0.2) is 77.8 Å². The van der Waals surface area contributed by atoms with E-state index in [-0.39, 0.29) is 29.0 Å². The van der Waals surface area contributed by atoms with E-state index in [4.69, 9.17) is 0 Å². The topological polar surface area (TPSA) is 82.6 Å². The van der Waals surface area contributed by atoms with Crippen molar-refractivity contribution < 1.29 is 26.4 Å². The van der Waals surface area contributed by atoms with E-state index >= 15 is 0 Å². The molecule has 11 heteroatoms. The molecule has 202 valence electrons. The Morgan fingerprint density at radius 1 is 0.974 bits per heavy atom. The molecule has 1 fully saturated rings. The highest BCUT2D eigenvalue weighted by atomic mass is 32.2. The number of nitrogens with zero attached hydrogens (tertiary/aromatic N) is 3. The number of para-hydroxylation sites is 1. The standard InChI is InChI=1S/C28H25F3N4O3S/c1-18-16-34(17-21-9-12-23(29)26(31)25(21)30)14-15-35(18)28(36)20-7-10-22(11-8-20)33-39(37,38)24-6-2-4-19-5-3-13-32-27(19)24/h2-13,18,33H,14-17H2,1H3/t18-/m1/s1. The summed E-state index contributed by atoms with van der Waals surface area (Å²) in [6, 6.07) is 16.5. The zero-order chi connectivity index (χ0) is 27.7. The summed E-state index contributed by atoms with van der Waals surface area (Å²) >= 11 is 0. The number of rotatable bonds is 6. The molecule has 0 saturated carbocycles. The van der Waals surface area contributed by atoms with E-state index in [1.807, 2.05) is 11.8 Å². The summed E-state index contributed by atoms with van der Waals surface area (Å²) in [5.41, 5.74) is 1.10. The van der Waals surface area contributed by atoms with Gasteiger partial charge in [0.05, 0.1) is 5.52 Å². The van der Waals surface area contributed by atoms with Gasteiger partial charge in [0, 0.05) is 60.6 Å². The van der Waals surface area contributed by atoms with Crippen LogP contribution in [0.1, 0.15) is 22.8 Å². The highest BCUT2D eigenvalue weighted by molar-refractivity contribution is 7.93. The minimum absolute atomic E-state index is 0.0516. The molecule has 4 aromatic rings. The maximum Gasteiger partial charge on any atom is 0.264 e. The second-order valence-electron chi connectivity index (χ2n) is 9.43. The van der Waals surface area contributed by atoms with Crippen molar-refractivity contribution in [2.75, 3.05) is 24.4 Å². The molecule has 0 unspecified atom stereocenters. The molecule has 7 nitrogen and oxygen atoms in total. The number of hydrogen-bond donors (Lipinski definition) is 1. The Hall–Kier alpha value is -3.96. The van der Waals surface area contributed by atoms with Gasteiger partial charge in [0.2, 0.25) is 0 Å². The van der Waals surface area contributed by atoms with E-state index in [1.54, 1.807) is 41.3 Å². The largest absolute Gasteiger partial charge is 0.333 e. The average molecular weight is 555 g/mol. The summed E-state index contributed by atoms with van der Waals surface area (Å²) in [5, 5.41) is 0.700. The van der Waals surface area contributed by atoms with Crippen molar-refractivity contribution in [3.05, 3.63) is 102 Å². The zero-order valence-corrected chi connectivity index (χ0v) is 21.8. The van der Waals surface area contributed by atoms with Crippen LogP contribution in [0, 0.1) is 17.5 Å². The highest BCUT2D eigenvalue weighted by Crippen LogP contribution is 2.24. The fraction of sp³-hybridized carbons (Fsp3) is 0.214. The molecule has 1 amide bonds. The molecule has 1 aliphatic heterocycles. The fourth-order valence-corrected chi connectivity index (χ4v) is 6.00. The Bertz CT molecular complexity index is 1640. The number of benzene rings is 3. The minimum Gasteiger partial charge on any atom is -0.333 e. The maximum atomic E-state index is 14.1. The van der Waals surface area contributed by atoms with Gasteiger partial charge < -0.3 is 4.90 Å². The lowest BCUT2D eigenvalue weighted by Gasteiger charge is -2.40. The van der Waals surface area contributed by atoms with Gasteiger partial charge in [0.15, 0.2) is 17.5 Å². The van der Waals surface area contributed by atoms with Gasteiger partial charge in [-0.3, -0.25) is 19.4 Å². The SMILES string of the molecule is C[C@@H]1CN(Cc2ccc(F)c(F)c2F)CCN1C(=O)c1ccc(NS(=O)(=O)c2cccc3cccnc23)cc1. The van der Waals surface area contributed by atoms with Crippen molar-refractivity contribution in [3.8, 4) is 0 Å². The van der Waals surface area contributed by atoms with Crippen LogP contribution in [-0.4, -0.2) is 54.8 Å². The van der Waals surface area contributed by atoms with Crippen LogP contribution in [0.5, 0.6) is 0 Å². The highest BCUT2D eigenvalue weighted by Gasteiger charge is 2.29. The van der Waals surface area contributed by atoms with E-state index in [1.165, 1.54) is 30.5 Å². The predicted octanol–water partition coefficient (Wildman–Crippen LogP) is 4.80. The zero-order valence-electron chi connectivity index (χ0n) is 20.9. The van der Waals surface area contributed by atoms with Crippen LogP contribution in [0.2, 0.25) is 0 Å². The number of piperazine rings is 1. The van der Waals surface area contributed by atoms with Crippen molar-refractivity contribution in [2.24, 2.45) is 0 Å². The number of halogens is 3. The quantitative estimate of drug-likeness (QED) is 0.347. The number of hydrogen-bond acceptors (Lipinski definition) is 5. The summed E-state index contributed by atoms with van der Waals surface area (Å²) in [4.78, 5) is 21.0. The third-order valence-electron chi connectivity index (χ3n) is 6.75. The molecule has 1 aromatic heterocycles. The van der Waals surface area contributed by atoms with Crippen LogP contribution in [-0.2, 0) is 16.6 Å². The molecule has 1 N–H and O–H groups in total.